The van der Waals surface area contributed by atoms with Gasteiger partial charge in [-0.05, 0) is 30.7 Å². The maximum Gasteiger partial charge on any atom is 0.230 e. The van der Waals surface area contributed by atoms with Gasteiger partial charge in [0.05, 0.1) is 18.2 Å². The molecule has 126 valence electrons. The van der Waals surface area contributed by atoms with Gasteiger partial charge in [0.15, 0.2) is 11.0 Å². The van der Waals surface area contributed by atoms with Crippen LogP contribution in [0.25, 0.3) is 11.4 Å². The highest BCUT2D eigenvalue weighted by Gasteiger charge is 2.15. The molecule has 2 rings (SSSR count). The number of nitrogens with zero attached hydrogens (tertiary/aromatic N) is 4. The smallest absolute Gasteiger partial charge is 0.230 e. The van der Waals surface area contributed by atoms with Gasteiger partial charge in [0.25, 0.3) is 0 Å². The molecule has 0 aliphatic heterocycles. The lowest BCUT2D eigenvalue weighted by Crippen LogP contribution is -2.26. The molecule has 0 saturated carbocycles. The van der Waals surface area contributed by atoms with E-state index in [0.717, 1.165) is 24.4 Å². The van der Waals surface area contributed by atoms with E-state index in [9.17, 15) is 4.79 Å². The highest BCUT2D eigenvalue weighted by Crippen LogP contribution is 2.25. The van der Waals surface area contributed by atoms with Crippen molar-refractivity contribution in [2.75, 3.05) is 12.3 Å². The number of thioether (sulfide) groups is 1. The van der Waals surface area contributed by atoms with E-state index >= 15 is 0 Å². The van der Waals surface area contributed by atoms with Crippen LogP contribution in [0.4, 0.5) is 0 Å². The zero-order valence-electron chi connectivity index (χ0n) is 13.3. The van der Waals surface area contributed by atoms with Gasteiger partial charge in [0, 0.05) is 23.7 Å². The summed E-state index contributed by atoms with van der Waals surface area (Å²) >= 11 is 7.27. The van der Waals surface area contributed by atoms with Crippen LogP contribution in [-0.4, -0.2) is 33.0 Å². The normalized spacial score (nSPS) is 10.4. The maximum atomic E-state index is 11.8. The minimum absolute atomic E-state index is 0.116. The largest absolute Gasteiger partial charge is 0.354 e. The van der Waals surface area contributed by atoms with Gasteiger partial charge < -0.3 is 9.88 Å². The lowest BCUT2D eigenvalue weighted by atomic mass is 10.2. The SMILES string of the molecule is CCCn1c(SCC(=O)NCCC#N)nnc1-c1ccc(Cl)cc1. The van der Waals surface area contributed by atoms with E-state index < -0.39 is 0 Å². The number of nitrogens with one attached hydrogen (secondary N) is 1. The van der Waals surface area contributed by atoms with Gasteiger partial charge in [-0.2, -0.15) is 5.26 Å². The van der Waals surface area contributed by atoms with Gasteiger partial charge in [0.1, 0.15) is 0 Å². The Morgan fingerprint density at radius 1 is 1.38 bits per heavy atom. The Hall–Kier alpha value is -2.04. The summed E-state index contributed by atoms with van der Waals surface area (Å²) in [6.45, 7) is 3.21. The summed E-state index contributed by atoms with van der Waals surface area (Å²) in [4.78, 5) is 11.8. The lowest BCUT2D eigenvalue weighted by molar-refractivity contribution is -0.118. The van der Waals surface area contributed by atoms with Crippen molar-refractivity contribution in [3.63, 3.8) is 0 Å². The number of carbonyl (C=O) groups excluding carboxylic acids is 1. The van der Waals surface area contributed by atoms with Crippen molar-refractivity contribution in [3.8, 4) is 17.5 Å². The molecule has 1 N–H and O–H groups in total. The number of amides is 1. The number of aromatic nitrogens is 3. The molecule has 1 amide bonds. The van der Waals surface area contributed by atoms with Crippen LogP contribution in [0, 0.1) is 11.3 Å². The van der Waals surface area contributed by atoms with Crippen molar-refractivity contribution in [1.29, 1.82) is 5.26 Å². The molecule has 6 nitrogen and oxygen atoms in total. The second-order valence-corrected chi connectivity index (χ2v) is 6.39. The molecule has 0 bridgehead atoms. The first-order valence-electron chi connectivity index (χ1n) is 7.61. The average Bonchev–Trinajstić information content (AvgIpc) is 2.97. The monoisotopic (exact) mass is 363 g/mol. The van der Waals surface area contributed by atoms with Crippen molar-refractivity contribution < 1.29 is 4.79 Å². The van der Waals surface area contributed by atoms with Crippen molar-refractivity contribution in [2.24, 2.45) is 0 Å². The van der Waals surface area contributed by atoms with Crippen molar-refractivity contribution in [1.82, 2.24) is 20.1 Å². The number of hydrogen-bond acceptors (Lipinski definition) is 5. The van der Waals surface area contributed by atoms with Gasteiger partial charge in [-0.25, -0.2) is 0 Å². The predicted molar refractivity (Wildman–Crippen MR) is 94.7 cm³/mol. The Morgan fingerprint density at radius 2 is 2.12 bits per heavy atom. The fraction of sp³-hybridized carbons (Fsp3) is 0.375. The fourth-order valence-corrected chi connectivity index (χ4v) is 2.99. The van der Waals surface area contributed by atoms with Crippen LogP contribution in [0.3, 0.4) is 0 Å². The molecule has 0 atom stereocenters. The van der Waals surface area contributed by atoms with E-state index in [-0.39, 0.29) is 11.7 Å². The van der Waals surface area contributed by atoms with E-state index in [1.165, 1.54) is 11.8 Å². The summed E-state index contributed by atoms with van der Waals surface area (Å²) < 4.78 is 2.01. The minimum atomic E-state index is -0.116. The number of carbonyl (C=O) groups is 1. The summed E-state index contributed by atoms with van der Waals surface area (Å²) in [5.41, 5.74) is 0.936. The minimum Gasteiger partial charge on any atom is -0.354 e. The first-order chi connectivity index (χ1) is 11.7. The van der Waals surface area contributed by atoms with Gasteiger partial charge in [0.2, 0.25) is 5.91 Å². The topological polar surface area (TPSA) is 83.6 Å². The van der Waals surface area contributed by atoms with Crippen LogP contribution in [0.5, 0.6) is 0 Å². The van der Waals surface area contributed by atoms with Crippen LogP contribution in [0.15, 0.2) is 29.4 Å². The first kappa shape index (κ1) is 18.3. The van der Waals surface area contributed by atoms with E-state index in [1.54, 1.807) is 0 Å². The molecule has 24 heavy (non-hydrogen) atoms. The number of halogens is 1. The molecule has 8 heteroatoms. The van der Waals surface area contributed by atoms with E-state index in [0.29, 0.717) is 23.1 Å². The van der Waals surface area contributed by atoms with Crippen LogP contribution >= 0.6 is 23.4 Å². The second-order valence-electron chi connectivity index (χ2n) is 5.01. The molecule has 0 unspecified atom stereocenters. The van der Waals surface area contributed by atoms with Gasteiger partial charge in [-0.1, -0.05) is 30.3 Å². The van der Waals surface area contributed by atoms with Crippen molar-refractivity contribution >= 4 is 29.3 Å². The van der Waals surface area contributed by atoms with Gasteiger partial charge in [-0.3, -0.25) is 4.79 Å². The molecule has 0 spiro atoms. The molecule has 0 aliphatic carbocycles. The number of rotatable bonds is 8. The molecule has 0 fully saturated rings. The Morgan fingerprint density at radius 3 is 2.79 bits per heavy atom. The van der Waals surface area contributed by atoms with E-state index in [2.05, 4.69) is 22.4 Å². The lowest BCUT2D eigenvalue weighted by Gasteiger charge is -2.09. The van der Waals surface area contributed by atoms with Crippen LogP contribution in [0.2, 0.25) is 5.02 Å². The summed E-state index contributed by atoms with van der Waals surface area (Å²) in [6, 6.07) is 9.43. The second kappa shape index (κ2) is 9.30. The molecule has 1 aromatic heterocycles. The predicted octanol–water partition coefficient (Wildman–Crippen LogP) is 3.13. The molecule has 0 aliphatic rings. The zero-order valence-corrected chi connectivity index (χ0v) is 14.9. The molecular formula is C16H18ClN5OS. The molecule has 2 aromatic rings. The summed E-state index contributed by atoms with van der Waals surface area (Å²) in [5.74, 6) is 0.892. The third kappa shape index (κ3) is 4.98. The Kier molecular flexibility index (Phi) is 7.09. The Bertz CT molecular complexity index is 723. The first-order valence-corrected chi connectivity index (χ1v) is 8.97. The summed E-state index contributed by atoms with van der Waals surface area (Å²) in [6.07, 6.45) is 1.24. The van der Waals surface area contributed by atoms with Gasteiger partial charge >= 0.3 is 0 Å². The third-order valence-corrected chi connectivity index (χ3v) is 4.38. The number of benzene rings is 1. The van der Waals surface area contributed by atoms with Gasteiger partial charge in [-0.15, -0.1) is 10.2 Å². The molecule has 0 radical (unpaired) electrons. The summed E-state index contributed by atoms with van der Waals surface area (Å²) in [5, 5.41) is 21.0. The Labute approximate surface area is 150 Å². The van der Waals surface area contributed by atoms with Crippen molar-refractivity contribution in [3.05, 3.63) is 29.3 Å². The molecule has 1 aromatic carbocycles. The van der Waals surface area contributed by atoms with Crippen LogP contribution in [0.1, 0.15) is 19.8 Å². The highest BCUT2D eigenvalue weighted by molar-refractivity contribution is 7.99. The molecule has 1 heterocycles. The molecular weight excluding hydrogens is 346 g/mol. The highest BCUT2D eigenvalue weighted by atomic mass is 35.5. The van der Waals surface area contributed by atoms with Crippen molar-refractivity contribution in [2.45, 2.75) is 31.5 Å². The Balaban J connectivity index is 2.09. The standard InChI is InChI=1S/C16H18ClN5OS/c1-2-10-22-15(12-4-6-13(17)7-5-12)20-21-16(22)24-11-14(23)19-9-3-8-18/h4-7H,2-3,9-11H2,1H3,(H,19,23). The third-order valence-electron chi connectivity index (χ3n) is 3.16. The van der Waals surface area contributed by atoms with E-state index in [1.807, 2.05) is 34.9 Å². The fourth-order valence-electron chi connectivity index (χ4n) is 2.07. The zero-order chi connectivity index (χ0) is 17.4. The van der Waals surface area contributed by atoms with Crippen LogP contribution < -0.4 is 5.32 Å². The van der Waals surface area contributed by atoms with E-state index in [4.69, 9.17) is 16.9 Å². The maximum absolute atomic E-state index is 11.8. The molecule has 0 saturated heterocycles. The number of hydrogen-bond donors (Lipinski definition) is 1. The van der Waals surface area contributed by atoms with Crippen LogP contribution in [-0.2, 0) is 11.3 Å². The average molecular weight is 364 g/mol. The summed E-state index contributed by atoms with van der Waals surface area (Å²) in [7, 11) is 0. The quantitative estimate of drug-likeness (QED) is 0.575. The number of nitriles is 1.